The Kier molecular flexibility index (Phi) is 3.08. The highest BCUT2D eigenvalue weighted by molar-refractivity contribution is 9.10. The van der Waals surface area contributed by atoms with Crippen LogP contribution in [0.1, 0.15) is 5.56 Å². The molecule has 0 unspecified atom stereocenters. The highest BCUT2D eigenvalue weighted by Gasteiger charge is 2.08. The van der Waals surface area contributed by atoms with E-state index in [-0.39, 0.29) is 0 Å². The minimum atomic E-state index is 0.511. The van der Waals surface area contributed by atoms with Crippen LogP contribution in [0.5, 0.6) is 0 Å². The largest absolute Gasteiger partial charge is 0.253 e. The van der Waals surface area contributed by atoms with Crippen LogP contribution in [0.3, 0.4) is 0 Å². The fraction of sp³-hybridized carbons (Fsp3) is 0.0769. The topological polar surface area (TPSA) is 56.5 Å². The predicted octanol–water partition coefficient (Wildman–Crippen LogP) is 2.80. The second-order valence-corrected chi connectivity index (χ2v) is 4.91. The predicted molar refractivity (Wildman–Crippen MR) is 74.8 cm³/mol. The zero-order valence-corrected chi connectivity index (χ0v) is 11.7. The molecule has 19 heavy (non-hydrogen) atoms. The maximum atomic E-state index is 4.33. The van der Waals surface area contributed by atoms with Crippen LogP contribution in [-0.2, 0) is 0 Å². The van der Waals surface area contributed by atoms with Crippen molar-refractivity contribution in [3.05, 3.63) is 52.6 Å². The fourth-order valence-corrected chi connectivity index (χ4v) is 1.99. The van der Waals surface area contributed by atoms with Gasteiger partial charge >= 0.3 is 0 Å². The van der Waals surface area contributed by atoms with Crippen molar-refractivity contribution in [1.29, 1.82) is 0 Å². The molecule has 0 saturated heterocycles. The molecule has 0 aliphatic rings. The molecule has 0 aliphatic carbocycles. The average molecular weight is 316 g/mol. The van der Waals surface area contributed by atoms with Crippen molar-refractivity contribution < 1.29 is 0 Å². The van der Waals surface area contributed by atoms with Gasteiger partial charge in [-0.15, -0.1) is 15.0 Å². The van der Waals surface area contributed by atoms with Crippen LogP contribution in [0, 0.1) is 6.92 Å². The monoisotopic (exact) mass is 315 g/mol. The summed E-state index contributed by atoms with van der Waals surface area (Å²) in [6, 6.07) is 11.5. The molecule has 3 aromatic rings. The lowest BCUT2D eigenvalue weighted by atomic mass is 10.2. The second kappa shape index (κ2) is 4.89. The first-order valence-electron chi connectivity index (χ1n) is 5.72. The first kappa shape index (κ1) is 12.0. The highest BCUT2D eigenvalue weighted by Crippen LogP contribution is 2.19. The Bertz CT molecular complexity index is 708. The molecule has 0 amide bonds. The Hall–Kier alpha value is -2.08. The molecule has 94 valence electrons. The summed E-state index contributed by atoms with van der Waals surface area (Å²) in [5.74, 6) is 0.511. The van der Waals surface area contributed by atoms with Gasteiger partial charge in [0.05, 0.1) is 5.69 Å². The van der Waals surface area contributed by atoms with Crippen LogP contribution in [0.2, 0.25) is 0 Å². The van der Waals surface area contributed by atoms with Crippen molar-refractivity contribution in [3.8, 4) is 17.2 Å². The van der Waals surface area contributed by atoms with Gasteiger partial charge in [0.15, 0.2) is 0 Å². The van der Waals surface area contributed by atoms with Crippen molar-refractivity contribution in [3.63, 3.8) is 0 Å². The van der Waals surface area contributed by atoms with Crippen molar-refractivity contribution >= 4 is 15.9 Å². The minimum absolute atomic E-state index is 0.511. The van der Waals surface area contributed by atoms with E-state index in [2.05, 4.69) is 36.3 Å². The number of pyridine rings is 1. The molecule has 1 aromatic carbocycles. The Labute approximate surface area is 118 Å². The van der Waals surface area contributed by atoms with E-state index in [1.807, 2.05) is 43.3 Å². The van der Waals surface area contributed by atoms with Crippen molar-refractivity contribution in [2.45, 2.75) is 6.92 Å². The quantitative estimate of drug-likeness (QED) is 0.729. The van der Waals surface area contributed by atoms with E-state index in [4.69, 9.17) is 0 Å². The molecule has 0 saturated carbocycles. The van der Waals surface area contributed by atoms with Gasteiger partial charge < -0.3 is 0 Å². The first-order valence-corrected chi connectivity index (χ1v) is 6.51. The maximum Gasteiger partial charge on any atom is 0.223 e. The molecule has 3 rings (SSSR count). The molecule has 2 aromatic heterocycles. The molecule has 0 spiro atoms. The van der Waals surface area contributed by atoms with Crippen LogP contribution in [0.25, 0.3) is 17.2 Å². The summed E-state index contributed by atoms with van der Waals surface area (Å²) in [4.78, 5) is 5.69. The SMILES string of the molecule is Cc1ccc(-n2nnc(-c3ccccn3)n2)cc1Br. The lowest BCUT2D eigenvalue weighted by Gasteiger charge is -2.01. The van der Waals surface area contributed by atoms with Crippen molar-refractivity contribution in [1.82, 2.24) is 25.2 Å². The Morgan fingerprint density at radius 2 is 2.05 bits per heavy atom. The molecule has 0 radical (unpaired) electrons. The van der Waals surface area contributed by atoms with Gasteiger partial charge in [-0.3, -0.25) is 4.98 Å². The maximum absolute atomic E-state index is 4.33. The Balaban J connectivity index is 1.99. The van der Waals surface area contributed by atoms with Crippen LogP contribution < -0.4 is 0 Å². The number of halogens is 1. The zero-order chi connectivity index (χ0) is 13.2. The fourth-order valence-electron chi connectivity index (χ4n) is 1.63. The molecule has 0 fully saturated rings. The van der Waals surface area contributed by atoms with E-state index in [1.165, 1.54) is 4.80 Å². The summed E-state index contributed by atoms with van der Waals surface area (Å²) < 4.78 is 1.02. The van der Waals surface area contributed by atoms with Gasteiger partial charge in [0.25, 0.3) is 0 Å². The number of tetrazole rings is 1. The number of rotatable bonds is 2. The van der Waals surface area contributed by atoms with Gasteiger partial charge in [-0.2, -0.15) is 0 Å². The van der Waals surface area contributed by atoms with E-state index in [1.54, 1.807) is 6.20 Å². The minimum Gasteiger partial charge on any atom is -0.253 e. The van der Waals surface area contributed by atoms with Crippen LogP contribution in [0.15, 0.2) is 47.1 Å². The Morgan fingerprint density at radius 1 is 1.16 bits per heavy atom. The molecule has 0 aliphatic heterocycles. The van der Waals surface area contributed by atoms with Gasteiger partial charge in [0.2, 0.25) is 5.82 Å². The van der Waals surface area contributed by atoms with Crippen LogP contribution in [-0.4, -0.2) is 25.2 Å². The van der Waals surface area contributed by atoms with E-state index < -0.39 is 0 Å². The molecular weight excluding hydrogens is 306 g/mol. The molecule has 0 N–H and O–H groups in total. The number of nitrogens with zero attached hydrogens (tertiary/aromatic N) is 5. The third-order valence-corrected chi connectivity index (χ3v) is 3.55. The lowest BCUT2D eigenvalue weighted by Crippen LogP contribution is -1.99. The molecule has 5 nitrogen and oxygen atoms in total. The second-order valence-electron chi connectivity index (χ2n) is 4.05. The Morgan fingerprint density at radius 3 is 2.79 bits per heavy atom. The number of hydrogen-bond acceptors (Lipinski definition) is 4. The van der Waals surface area contributed by atoms with E-state index in [0.29, 0.717) is 11.5 Å². The summed E-state index contributed by atoms with van der Waals surface area (Å²) in [6.07, 6.45) is 1.71. The van der Waals surface area contributed by atoms with Gasteiger partial charge in [0.1, 0.15) is 5.69 Å². The third kappa shape index (κ3) is 2.39. The van der Waals surface area contributed by atoms with Gasteiger partial charge in [-0.1, -0.05) is 28.1 Å². The normalized spacial score (nSPS) is 10.6. The summed E-state index contributed by atoms with van der Waals surface area (Å²) in [5.41, 5.74) is 2.72. The molecule has 6 heteroatoms. The molecule has 2 heterocycles. The summed E-state index contributed by atoms with van der Waals surface area (Å²) in [5, 5.41) is 12.4. The smallest absolute Gasteiger partial charge is 0.223 e. The van der Waals surface area contributed by atoms with E-state index in [0.717, 1.165) is 15.7 Å². The lowest BCUT2D eigenvalue weighted by molar-refractivity contribution is 0.719. The van der Waals surface area contributed by atoms with E-state index >= 15 is 0 Å². The third-order valence-electron chi connectivity index (χ3n) is 2.69. The van der Waals surface area contributed by atoms with Gasteiger partial charge in [-0.05, 0) is 42.0 Å². The molecule has 0 atom stereocenters. The number of hydrogen-bond donors (Lipinski definition) is 0. The van der Waals surface area contributed by atoms with Crippen LogP contribution in [0.4, 0.5) is 0 Å². The number of benzene rings is 1. The summed E-state index contributed by atoms with van der Waals surface area (Å²) in [6.45, 7) is 2.03. The molecule has 0 bridgehead atoms. The zero-order valence-electron chi connectivity index (χ0n) is 10.2. The standard InChI is InChI=1S/C13H10BrN5/c1-9-5-6-10(8-11(9)14)19-17-13(16-18-19)12-4-2-3-7-15-12/h2-8H,1H3. The van der Waals surface area contributed by atoms with Crippen molar-refractivity contribution in [2.24, 2.45) is 0 Å². The first-order chi connectivity index (χ1) is 9.24. The average Bonchev–Trinajstić information content (AvgIpc) is 2.93. The summed E-state index contributed by atoms with van der Waals surface area (Å²) >= 11 is 3.49. The van der Waals surface area contributed by atoms with Gasteiger partial charge in [-0.25, -0.2) is 0 Å². The van der Waals surface area contributed by atoms with Crippen LogP contribution >= 0.6 is 15.9 Å². The highest BCUT2D eigenvalue weighted by atomic mass is 79.9. The summed E-state index contributed by atoms with van der Waals surface area (Å²) in [7, 11) is 0. The van der Waals surface area contributed by atoms with Gasteiger partial charge in [0, 0.05) is 10.7 Å². The number of aromatic nitrogens is 5. The molecular formula is C13H10BrN5. The van der Waals surface area contributed by atoms with Crippen molar-refractivity contribution in [2.75, 3.05) is 0 Å². The number of aryl methyl sites for hydroxylation is 1. The van der Waals surface area contributed by atoms with E-state index in [9.17, 15) is 0 Å².